The molecule has 2 aromatic rings. The topological polar surface area (TPSA) is 113 Å². The van der Waals surface area contributed by atoms with Crippen LogP contribution in [0.25, 0.3) is 0 Å². The van der Waals surface area contributed by atoms with Gasteiger partial charge >= 0.3 is 11.9 Å². The van der Waals surface area contributed by atoms with Crippen LogP contribution in [0.2, 0.25) is 5.02 Å². The molecule has 2 aromatic carbocycles. The molecule has 0 heterocycles. The van der Waals surface area contributed by atoms with Crippen LogP contribution in [-0.2, 0) is 4.79 Å². The van der Waals surface area contributed by atoms with Crippen molar-refractivity contribution in [3.05, 3.63) is 58.6 Å². The fraction of sp³-hybridized carbons (Fsp3) is 0.0625. The minimum Gasteiger partial charge on any atom is -0.482 e. The zero-order valence-corrected chi connectivity index (χ0v) is 12.9. The Morgan fingerprint density at radius 3 is 2.25 bits per heavy atom. The van der Waals surface area contributed by atoms with E-state index < -0.39 is 24.5 Å². The molecular formula is C16H12ClNO6. The van der Waals surface area contributed by atoms with Crippen molar-refractivity contribution in [3.8, 4) is 5.75 Å². The Morgan fingerprint density at radius 2 is 1.67 bits per heavy atom. The van der Waals surface area contributed by atoms with Crippen molar-refractivity contribution in [2.45, 2.75) is 0 Å². The SMILES string of the molecule is O=C(O)COc1cc(NC(=O)c2ccc(Cl)cc2)cc(C(=O)O)c1. The van der Waals surface area contributed by atoms with Gasteiger partial charge in [-0.25, -0.2) is 9.59 Å². The van der Waals surface area contributed by atoms with E-state index >= 15 is 0 Å². The third kappa shape index (κ3) is 4.72. The largest absolute Gasteiger partial charge is 0.482 e. The summed E-state index contributed by atoms with van der Waals surface area (Å²) in [5.74, 6) is -2.90. The molecule has 24 heavy (non-hydrogen) atoms. The molecule has 0 aliphatic carbocycles. The van der Waals surface area contributed by atoms with Crippen LogP contribution in [0.1, 0.15) is 20.7 Å². The first-order chi connectivity index (χ1) is 11.3. The van der Waals surface area contributed by atoms with E-state index in [-0.39, 0.29) is 17.0 Å². The minimum absolute atomic E-state index is 0.0173. The van der Waals surface area contributed by atoms with E-state index in [1.807, 2.05) is 0 Å². The zero-order valence-electron chi connectivity index (χ0n) is 12.2. The summed E-state index contributed by atoms with van der Waals surface area (Å²) in [5, 5.41) is 20.7. The van der Waals surface area contributed by atoms with Crippen molar-refractivity contribution in [2.75, 3.05) is 11.9 Å². The molecule has 0 radical (unpaired) electrons. The van der Waals surface area contributed by atoms with E-state index in [1.54, 1.807) is 12.1 Å². The van der Waals surface area contributed by atoms with E-state index in [1.165, 1.54) is 30.3 Å². The summed E-state index contributed by atoms with van der Waals surface area (Å²) < 4.78 is 4.97. The molecule has 0 fully saturated rings. The first-order valence-electron chi connectivity index (χ1n) is 6.65. The second-order valence-corrected chi connectivity index (χ2v) is 5.13. The van der Waals surface area contributed by atoms with Crippen molar-refractivity contribution < 1.29 is 29.3 Å². The fourth-order valence-electron chi connectivity index (χ4n) is 1.83. The number of benzene rings is 2. The van der Waals surface area contributed by atoms with Gasteiger partial charge in [-0.05, 0) is 36.4 Å². The van der Waals surface area contributed by atoms with Gasteiger partial charge in [-0.1, -0.05) is 11.6 Å². The Balaban J connectivity index is 2.24. The molecule has 1 amide bonds. The van der Waals surface area contributed by atoms with Gasteiger partial charge in [-0.3, -0.25) is 4.79 Å². The standard InChI is InChI=1S/C16H12ClNO6/c17-11-3-1-9(2-4-11)15(21)18-12-5-10(16(22)23)6-13(7-12)24-8-14(19)20/h1-7H,8H2,(H,18,21)(H,19,20)(H,22,23). The summed E-state index contributed by atoms with van der Waals surface area (Å²) in [7, 11) is 0. The number of carboxylic acids is 2. The molecule has 124 valence electrons. The molecular weight excluding hydrogens is 338 g/mol. The van der Waals surface area contributed by atoms with E-state index in [0.717, 1.165) is 0 Å². The van der Waals surface area contributed by atoms with Crippen molar-refractivity contribution in [1.82, 2.24) is 0 Å². The van der Waals surface area contributed by atoms with Crippen LogP contribution in [0.4, 0.5) is 5.69 Å². The second-order valence-electron chi connectivity index (χ2n) is 4.69. The maximum atomic E-state index is 12.1. The van der Waals surface area contributed by atoms with Crippen LogP contribution in [0.15, 0.2) is 42.5 Å². The molecule has 0 atom stereocenters. The average molecular weight is 350 g/mol. The Bertz CT molecular complexity index is 788. The van der Waals surface area contributed by atoms with Crippen LogP contribution in [0.5, 0.6) is 5.75 Å². The molecule has 0 aromatic heterocycles. The smallest absolute Gasteiger partial charge is 0.341 e. The molecule has 0 aliphatic rings. The summed E-state index contributed by atoms with van der Waals surface area (Å²) in [4.78, 5) is 33.8. The maximum Gasteiger partial charge on any atom is 0.341 e. The number of ether oxygens (including phenoxy) is 1. The molecule has 0 saturated carbocycles. The molecule has 0 unspecified atom stereocenters. The molecule has 8 heteroatoms. The molecule has 0 saturated heterocycles. The van der Waals surface area contributed by atoms with Crippen LogP contribution >= 0.6 is 11.6 Å². The number of anilines is 1. The second kappa shape index (κ2) is 7.47. The zero-order chi connectivity index (χ0) is 17.7. The normalized spacial score (nSPS) is 10.0. The number of carboxylic acid groups (broad SMARTS) is 2. The monoisotopic (exact) mass is 349 g/mol. The summed E-state index contributed by atoms with van der Waals surface area (Å²) >= 11 is 5.75. The Hall–Kier alpha value is -3.06. The van der Waals surface area contributed by atoms with E-state index in [0.29, 0.717) is 10.6 Å². The Labute approximate surface area is 141 Å². The highest BCUT2D eigenvalue weighted by atomic mass is 35.5. The summed E-state index contributed by atoms with van der Waals surface area (Å²) in [6.45, 7) is -0.631. The third-order valence-corrected chi connectivity index (χ3v) is 3.13. The molecule has 2 rings (SSSR count). The Kier molecular flexibility index (Phi) is 5.39. The average Bonchev–Trinajstić information content (AvgIpc) is 2.53. The van der Waals surface area contributed by atoms with Crippen molar-refractivity contribution in [3.63, 3.8) is 0 Å². The van der Waals surface area contributed by atoms with Gasteiger partial charge in [-0.15, -0.1) is 0 Å². The molecule has 0 aliphatic heterocycles. The molecule has 0 spiro atoms. The Morgan fingerprint density at radius 1 is 1.00 bits per heavy atom. The number of hydrogen-bond acceptors (Lipinski definition) is 4. The van der Waals surface area contributed by atoms with E-state index in [4.69, 9.17) is 26.6 Å². The lowest BCUT2D eigenvalue weighted by Gasteiger charge is -2.10. The highest BCUT2D eigenvalue weighted by molar-refractivity contribution is 6.30. The highest BCUT2D eigenvalue weighted by Gasteiger charge is 2.12. The van der Waals surface area contributed by atoms with Gasteiger partial charge in [0.1, 0.15) is 5.75 Å². The number of aliphatic carboxylic acids is 1. The number of hydrogen-bond donors (Lipinski definition) is 3. The van der Waals surface area contributed by atoms with Gasteiger partial charge in [0.2, 0.25) is 0 Å². The third-order valence-electron chi connectivity index (χ3n) is 2.88. The lowest BCUT2D eigenvalue weighted by molar-refractivity contribution is -0.139. The lowest BCUT2D eigenvalue weighted by Crippen LogP contribution is -2.13. The first kappa shape index (κ1) is 17.3. The first-order valence-corrected chi connectivity index (χ1v) is 7.03. The lowest BCUT2D eigenvalue weighted by atomic mass is 10.1. The van der Waals surface area contributed by atoms with Gasteiger partial charge in [0.15, 0.2) is 6.61 Å². The number of amides is 1. The summed E-state index contributed by atoms with van der Waals surface area (Å²) in [5.41, 5.74) is 0.340. The summed E-state index contributed by atoms with van der Waals surface area (Å²) in [6.07, 6.45) is 0. The van der Waals surface area contributed by atoms with Crippen LogP contribution in [-0.4, -0.2) is 34.7 Å². The predicted molar refractivity (Wildman–Crippen MR) is 85.9 cm³/mol. The van der Waals surface area contributed by atoms with Gasteiger partial charge < -0.3 is 20.3 Å². The number of halogens is 1. The number of rotatable bonds is 6. The molecule has 7 nitrogen and oxygen atoms in total. The minimum atomic E-state index is -1.24. The maximum absolute atomic E-state index is 12.1. The highest BCUT2D eigenvalue weighted by Crippen LogP contribution is 2.22. The van der Waals surface area contributed by atoms with Gasteiger partial charge in [0.25, 0.3) is 5.91 Å². The number of carbonyl (C=O) groups is 3. The number of nitrogens with one attached hydrogen (secondary N) is 1. The predicted octanol–water partition coefficient (Wildman–Crippen LogP) is 2.75. The van der Waals surface area contributed by atoms with Gasteiger partial charge in [0, 0.05) is 22.3 Å². The van der Waals surface area contributed by atoms with Crippen LogP contribution in [0.3, 0.4) is 0 Å². The summed E-state index contributed by atoms with van der Waals surface area (Å²) in [6, 6.07) is 9.87. The molecule has 3 N–H and O–H groups in total. The van der Waals surface area contributed by atoms with Crippen LogP contribution in [0, 0.1) is 0 Å². The van der Waals surface area contributed by atoms with Crippen molar-refractivity contribution in [2.24, 2.45) is 0 Å². The van der Waals surface area contributed by atoms with Gasteiger partial charge in [-0.2, -0.15) is 0 Å². The molecule has 0 bridgehead atoms. The van der Waals surface area contributed by atoms with Crippen molar-refractivity contribution in [1.29, 1.82) is 0 Å². The van der Waals surface area contributed by atoms with Gasteiger partial charge in [0.05, 0.1) is 5.56 Å². The van der Waals surface area contributed by atoms with Crippen LogP contribution < -0.4 is 10.1 Å². The fourth-order valence-corrected chi connectivity index (χ4v) is 1.95. The number of aromatic carboxylic acids is 1. The van der Waals surface area contributed by atoms with E-state index in [2.05, 4.69) is 5.32 Å². The van der Waals surface area contributed by atoms with Crippen molar-refractivity contribution >= 4 is 35.1 Å². The van der Waals surface area contributed by atoms with E-state index in [9.17, 15) is 14.4 Å². The quantitative estimate of drug-likeness (QED) is 0.739. The number of carbonyl (C=O) groups excluding carboxylic acids is 1.